The van der Waals surface area contributed by atoms with Crippen molar-refractivity contribution in [3.63, 3.8) is 0 Å². The molecule has 2 aliphatic heterocycles. The lowest BCUT2D eigenvalue weighted by atomic mass is 9.99. The van der Waals surface area contributed by atoms with Crippen molar-refractivity contribution in [3.05, 3.63) is 0 Å². The minimum atomic E-state index is -0.575. The van der Waals surface area contributed by atoms with Crippen molar-refractivity contribution in [3.8, 4) is 0 Å². The smallest absolute Gasteiger partial charge is 0.242 e. The van der Waals surface area contributed by atoms with Gasteiger partial charge in [0.1, 0.15) is 6.04 Å². The molecule has 2 fully saturated rings. The second-order valence-corrected chi connectivity index (χ2v) is 6.11. The SMILES string of the molecule is CC(C)(C(=O)NC1CCCCNC1=O)N1CCNCC1. The Balaban J connectivity index is 1.96. The monoisotopic (exact) mass is 282 g/mol. The van der Waals surface area contributed by atoms with Crippen LogP contribution >= 0.6 is 0 Å². The molecule has 3 N–H and O–H groups in total. The van der Waals surface area contributed by atoms with Crippen LogP contribution in [0.4, 0.5) is 0 Å². The first-order valence-electron chi connectivity index (χ1n) is 7.56. The molecule has 6 nitrogen and oxygen atoms in total. The lowest BCUT2D eigenvalue weighted by molar-refractivity contribution is -0.136. The molecule has 0 bridgehead atoms. The predicted molar refractivity (Wildman–Crippen MR) is 77.3 cm³/mol. The maximum atomic E-state index is 12.5. The van der Waals surface area contributed by atoms with Crippen molar-refractivity contribution < 1.29 is 9.59 Å². The summed E-state index contributed by atoms with van der Waals surface area (Å²) in [5, 5.41) is 9.07. The van der Waals surface area contributed by atoms with Crippen LogP contribution in [0.5, 0.6) is 0 Å². The first-order chi connectivity index (χ1) is 9.51. The largest absolute Gasteiger partial charge is 0.354 e. The Morgan fingerprint density at radius 3 is 2.65 bits per heavy atom. The van der Waals surface area contributed by atoms with E-state index in [2.05, 4.69) is 20.9 Å². The molecule has 0 aromatic rings. The summed E-state index contributed by atoms with van der Waals surface area (Å²) in [6, 6.07) is -0.382. The lowest BCUT2D eigenvalue weighted by Gasteiger charge is -2.40. The van der Waals surface area contributed by atoms with Gasteiger partial charge in [0.25, 0.3) is 0 Å². The van der Waals surface area contributed by atoms with E-state index in [4.69, 9.17) is 0 Å². The van der Waals surface area contributed by atoms with Crippen LogP contribution in [0.25, 0.3) is 0 Å². The van der Waals surface area contributed by atoms with E-state index in [0.29, 0.717) is 6.54 Å². The van der Waals surface area contributed by atoms with Crippen LogP contribution in [0.2, 0.25) is 0 Å². The van der Waals surface area contributed by atoms with Crippen molar-refractivity contribution >= 4 is 11.8 Å². The van der Waals surface area contributed by atoms with E-state index in [1.165, 1.54) is 0 Å². The van der Waals surface area contributed by atoms with Gasteiger partial charge in [0, 0.05) is 32.7 Å². The molecule has 1 unspecified atom stereocenters. The molecule has 2 heterocycles. The number of hydrogen-bond acceptors (Lipinski definition) is 4. The van der Waals surface area contributed by atoms with E-state index >= 15 is 0 Å². The molecule has 0 spiro atoms. The number of piperazine rings is 1. The zero-order valence-electron chi connectivity index (χ0n) is 12.5. The summed E-state index contributed by atoms with van der Waals surface area (Å²) in [5.74, 6) is -0.103. The normalized spacial score (nSPS) is 25.7. The highest BCUT2D eigenvalue weighted by molar-refractivity contribution is 5.91. The summed E-state index contributed by atoms with van der Waals surface area (Å²) >= 11 is 0. The van der Waals surface area contributed by atoms with Gasteiger partial charge in [-0.3, -0.25) is 14.5 Å². The maximum Gasteiger partial charge on any atom is 0.242 e. The molecular formula is C14H26N4O2. The number of hydrogen-bond donors (Lipinski definition) is 3. The molecule has 0 saturated carbocycles. The number of rotatable bonds is 3. The van der Waals surface area contributed by atoms with Gasteiger partial charge in [-0.1, -0.05) is 0 Å². The Labute approximate surface area is 120 Å². The predicted octanol–water partition coefficient (Wildman–Crippen LogP) is -0.545. The highest BCUT2D eigenvalue weighted by Gasteiger charge is 2.37. The number of nitrogens with zero attached hydrogens (tertiary/aromatic N) is 1. The van der Waals surface area contributed by atoms with Crippen LogP contribution in [0.15, 0.2) is 0 Å². The molecule has 0 aliphatic carbocycles. The molecule has 114 valence electrons. The van der Waals surface area contributed by atoms with Gasteiger partial charge in [-0.15, -0.1) is 0 Å². The third-order valence-corrected chi connectivity index (χ3v) is 4.30. The fraction of sp³-hybridized carbons (Fsp3) is 0.857. The maximum absolute atomic E-state index is 12.5. The second-order valence-electron chi connectivity index (χ2n) is 6.11. The number of nitrogens with one attached hydrogen (secondary N) is 3. The molecule has 1 atom stereocenters. The fourth-order valence-electron chi connectivity index (χ4n) is 2.78. The number of amides is 2. The second kappa shape index (κ2) is 6.54. The van der Waals surface area contributed by atoms with Gasteiger partial charge in [-0.25, -0.2) is 0 Å². The summed E-state index contributed by atoms with van der Waals surface area (Å²) in [6.07, 6.45) is 2.69. The van der Waals surface area contributed by atoms with Gasteiger partial charge < -0.3 is 16.0 Å². The Kier molecular flexibility index (Phi) is 4.99. The van der Waals surface area contributed by atoms with Crippen molar-refractivity contribution in [2.45, 2.75) is 44.7 Å². The van der Waals surface area contributed by atoms with Crippen molar-refractivity contribution in [2.75, 3.05) is 32.7 Å². The fourth-order valence-corrected chi connectivity index (χ4v) is 2.78. The summed E-state index contributed by atoms with van der Waals surface area (Å²) in [6.45, 7) is 8.10. The highest BCUT2D eigenvalue weighted by Crippen LogP contribution is 2.16. The Morgan fingerprint density at radius 2 is 1.95 bits per heavy atom. The minimum absolute atomic E-state index is 0.0491. The van der Waals surface area contributed by atoms with E-state index in [1.54, 1.807) is 0 Å². The average Bonchev–Trinajstić information content (AvgIpc) is 2.65. The van der Waals surface area contributed by atoms with Crippen LogP contribution in [-0.2, 0) is 9.59 Å². The van der Waals surface area contributed by atoms with Crippen LogP contribution < -0.4 is 16.0 Å². The number of carbonyl (C=O) groups is 2. The third-order valence-electron chi connectivity index (χ3n) is 4.30. The molecule has 6 heteroatoms. The zero-order chi connectivity index (χ0) is 14.6. The molecule has 2 aliphatic rings. The molecule has 2 amide bonds. The van der Waals surface area contributed by atoms with Crippen molar-refractivity contribution in [1.82, 2.24) is 20.9 Å². The molecule has 0 aromatic heterocycles. The summed E-state index contributed by atoms with van der Waals surface area (Å²) < 4.78 is 0. The van der Waals surface area contributed by atoms with E-state index in [0.717, 1.165) is 45.4 Å². The van der Waals surface area contributed by atoms with E-state index in [9.17, 15) is 9.59 Å². The molecule has 20 heavy (non-hydrogen) atoms. The zero-order valence-corrected chi connectivity index (χ0v) is 12.5. The van der Waals surface area contributed by atoms with Crippen LogP contribution in [-0.4, -0.2) is 61.0 Å². The average molecular weight is 282 g/mol. The third kappa shape index (κ3) is 3.49. The van der Waals surface area contributed by atoms with Crippen LogP contribution in [0, 0.1) is 0 Å². The minimum Gasteiger partial charge on any atom is -0.354 e. The number of carbonyl (C=O) groups excluding carboxylic acids is 2. The first-order valence-corrected chi connectivity index (χ1v) is 7.56. The Morgan fingerprint density at radius 1 is 1.25 bits per heavy atom. The van der Waals surface area contributed by atoms with E-state index in [-0.39, 0.29) is 17.9 Å². The van der Waals surface area contributed by atoms with E-state index < -0.39 is 5.54 Å². The van der Waals surface area contributed by atoms with Crippen LogP contribution in [0.3, 0.4) is 0 Å². The van der Waals surface area contributed by atoms with Gasteiger partial charge >= 0.3 is 0 Å². The van der Waals surface area contributed by atoms with Gasteiger partial charge in [-0.05, 0) is 33.1 Å². The molecule has 2 rings (SSSR count). The summed E-state index contributed by atoms with van der Waals surface area (Å²) in [7, 11) is 0. The van der Waals surface area contributed by atoms with Gasteiger partial charge in [0.2, 0.25) is 11.8 Å². The Bertz CT molecular complexity index is 364. The van der Waals surface area contributed by atoms with Gasteiger partial charge in [-0.2, -0.15) is 0 Å². The molecular weight excluding hydrogens is 256 g/mol. The Hall–Kier alpha value is -1.14. The van der Waals surface area contributed by atoms with Gasteiger partial charge in [0.15, 0.2) is 0 Å². The summed E-state index contributed by atoms with van der Waals surface area (Å²) in [4.78, 5) is 26.6. The lowest BCUT2D eigenvalue weighted by Crippen LogP contribution is -2.62. The summed E-state index contributed by atoms with van der Waals surface area (Å²) in [5.41, 5.74) is -0.575. The topological polar surface area (TPSA) is 73.5 Å². The van der Waals surface area contributed by atoms with Gasteiger partial charge in [0.05, 0.1) is 5.54 Å². The van der Waals surface area contributed by atoms with E-state index in [1.807, 2.05) is 13.8 Å². The molecule has 0 radical (unpaired) electrons. The quantitative estimate of drug-likeness (QED) is 0.650. The molecule has 0 aromatic carbocycles. The van der Waals surface area contributed by atoms with Crippen molar-refractivity contribution in [1.29, 1.82) is 0 Å². The highest BCUT2D eigenvalue weighted by atomic mass is 16.2. The first kappa shape index (κ1) is 15.3. The van der Waals surface area contributed by atoms with Crippen LogP contribution in [0.1, 0.15) is 33.1 Å². The standard InChI is InChI=1S/C14H26N4O2/c1-14(2,18-9-7-15-8-10-18)13(20)17-11-5-3-4-6-16-12(11)19/h11,15H,3-10H2,1-2H3,(H,16,19)(H,17,20). The van der Waals surface area contributed by atoms with Crippen molar-refractivity contribution in [2.24, 2.45) is 0 Å². The molecule has 2 saturated heterocycles.